The Hall–Kier alpha value is -2.66. The van der Waals surface area contributed by atoms with E-state index in [1.54, 1.807) is 0 Å². The number of hydrogen-bond donors (Lipinski definition) is 3. The van der Waals surface area contributed by atoms with Gasteiger partial charge in [-0.1, -0.05) is 42.0 Å². The smallest absolute Gasteiger partial charge is 0.272 e. The van der Waals surface area contributed by atoms with Crippen molar-refractivity contribution in [3.63, 3.8) is 0 Å². The summed E-state index contributed by atoms with van der Waals surface area (Å²) in [6, 6.07) is 14.7. The van der Waals surface area contributed by atoms with E-state index in [2.05, 4.69) is 15.5 Å². The number of fused-ring (bicyclic) bond motifs is 1. The summed E-state index contributed by atoms with van der Waals surface area (Å²) in [7, 11) is 0. The Morgan fingerprint density at radius 3 is 2.77 bits per heavy atom. The number of H-pyrrole nitrogens is 1. The number of aromatic amines is 1. The molecule has 0 radical (unpaired) electrons. The molecule has 0 aliphatic carbocycles. The number of amides is 1. The third-order valence-corrected chi connectivity index (χ3v) is 3.62. The van der Waals surface area contributed by atoms with Crippen LogP contribution in [0.25, 0.3) is 10.9 Å². The molecule has 0 fully saturated rings. The van der Waals surface area contributed by atoms with Crippen LogP contribution in [0.3, 0.4) is 0 Å². The van der Waals surface area contributed by atoms with E-state index in [1.165, 1.54) is 0 Å². The molecule has 1 unspecified atom stereocenters. The number of benzene rings is 2. The van der Waals surface area contributed by atoms with Gasteiger partial charge in [0.1, 0.15) is 0 Å². The Morgan fingerprint density at radius 1 is 1.27 bits per heavy atom. The molecule has 5 heteroatoms. The zero-order valence-corrected chi connectivity index (χ0v) is 12.2. The van der Waals surface area contributed by atoms with Crippen LogP contribution in [0.2, 0.25) is 0 Å². The number of hydrogen-bond acceptors (Lipinski definition) is 3. The number of rotatable bonds is 4. The fraction of sp³-hybridized carbons (Fsp3) is 0.176. The predicted octanol–water partition coefficient (Wildman–Crippen LogP) is 2.33. The van der Waals surface area contributed by atoms with Crippen LogP contribution >= 0.6 is 0 Å². The van der Waals surface area contributed by atoms with Crippen LogP contribution in [-0.2, 0) is 0 Å². The van der Waals surface area contributed by atoms with Crippen molar-refractivity contribution in [3.8, 4) is 0 Å². The molecule has 22 heavy (non-hydrogen) atoms. The molecule has 0 saturated heterocycles. The maximum Gasteiger partial charge on any atom is 0.272 e. The van der Waals surface area contributed by atoms with Crippen molar-refractivity contribution in [1.29, 1.82) is 0 Å². The van der Waals surface area contributed by atoms with Gasteiger partial charge in [0.15, 0.2) is 5.69 Å². The standard InChI is InChI=1S/C17H17N3O2/c1-11-7-8-14-13(9-11)16(20-19-14)17(22)18-15(10-21)12-5-3-2-4-6-12/h2-9,15,21H,10H2,1H3,(H,18,22)(H,19,20). The van der Waals surface area contributed by atoms with Gasteiger partial charge in [0.25, 0.3) is 5.91 Å². The first kappa shape index (κ1) is 14.3. The first-order valence-corrected chi connectivity index (χ1v) is 7.10. The monoisotopic (exact) mass is 295 g/mol. The number of aliphatic hydroxyl groups is 1. The first-order chi connectivity index (χ1) is 10.7. The molecule has 3 rings (SSSR count). The lowest BCUT2D eigenvalue weighted by Gasteiger charge is -2.16. The molecule has 0 aliphatic rings. The maximum absolute atomic E-state index is 12.5. The van der Waals surface area contributed by atoms with Crippen LogP contribution < -0.4 is 5.32 Å². The van der Waals surface area contributed by atoms with Crippen LogP contribution in [0.5, 0.6) is 0 Å². The highest BCUT2D eigenvalue weighted by Crippen LogP contribution is 2.19. The number of aryl methyl sites for hydroxylation is 1. The SMILES string of the molecule is Cc1ccc2[nH]nc(C(=O)NC(CO)c3ccccc3)c2c1. The van der Waals surface area contributed by atoms with E-state index in [9.17, 15) is 9.90 Å². The summed E-state index contributed by atoms with van der Waals surface area (Å²) in [5.41, 5.74) is 3.07. The van der Waals surface area contributed by atoms with Crippen molar-refractivity contribution < 1.29 is 9.90 Å². The van der Waals surface area contributed by atoms with Crippen molar-refractivity contribution in [2.24, 2.45) is 0 Å². The number of nitrogens with zero attached hydrogens (tertiary/aromatic N) is 1. The van der Waals surface area contributed by atoms with Crippen molar-refractivity contribution in [2.75, 3.05) is 6.61 Å². The molecule has 3 aromatic rings. The summed E-state index contributed by atoms with van der Waals surface area (Å²) in [5.74, 6) is -0.306. The molecule has 0 bridgehead atoms. The predicted molar refractivity (Wildman–Crippen MR) is 84.6 cm³/mol. The van der Waals surface area contributed by atoms with E-state index < -0.39 is 6.04 Å². The molecule has 1 amide bonds. The zero-order valence-electron chi connectivity index (χ0n) is 12.2. The third-order valence-electron chi connectivity index (χ3n) is 3.62. The van der Waals surface area contributed by atoms with Crippen molar-refractivity contribution in [3.05, 3.63) is 65.4 Å². The van der Waals surface area contributed by atoms with Gasteiger partial charge in [0.2, 0.25) is 0 Å². The van der Waals surface area contributed by atoms with Gasteiger partial charge in [-0.15, -0.1) is 0 Å². The average Bonchev–Trinajstić information content (AvgIpc) is 2.96. The van der Waals surface area contributed by atoms with Gasteiger partial charge in [0.05, 0.1) is 18.2 Å². The zero-order chi connectivity index (χ0) is 15.5. The second-order valence-electron chi connectivity index (χ2n) is 5.24. The van der Waals surface area contributed by atoms with E-state index in [4.69, 9.17) is 0 Å². The second kappa shape index (κ2) is 5.99. The normalized spacial score (nSPS) is 12.3. The Morgan fingerprint density at radius 2 is 2.05 bits per heavy atom. The molecule has 1 heterocycles. The van der Waals surface area contributed by atoms with E-state index in [1.807, 2.05) is 55.5 Å². The minimum Gasteiger partial charge on any atom is -0.394 e. The summed E-state index contributed by atoms with van der Waals surface area (Å²) < 4.78 is 0. The van der Waals surface area contributed by atoms with Gasteiger partial charge in [-0.25, -0.2) is 0 Å². The van der Waals surface area contributed by atoms with E-state index in [-0.39, 0.29) is 12.5 Å². The highest BCUT2D eigenvalue weighted by Gasteiger charge is 2.19. The molecule has 0 spiro atoms. The lowest BCUT2D eigenvalue weighted by Crippen LogP contribution is -2.31. The largest absolute Gasteiger partial charge is 0.394 e. The number of carbonyl (C=O) groups excluding carboxylic acids is 1. The van der Waals surface area contributed by atoms with Crippen LogP contribution in [0.4, 0.5) is 0 Å². The number of nitrogens with one attached hydrogen (secondary N) is 2. The summed E-state index contributed by atoms with van der Waals surface area (Å²) in [6.45, 7) is 1.80. The van der Waals surface area contributed by atoms with Gasteiger partial charge < -0.3 is 10.4 Å². The number of carbonyl (C=O) groups is 1. The van der Waals surface area contributed by atoms with Gasteiger partial charge in [-0.2, -0.15) is 5.10 Å². The Labute approximate surface area is 128 Å². The highest BCUT2D eigenvalue weighted by molar-refractivity contribution is 6.04. The molecular weight excluding hydrogens is 278 g/mol. The number of aromatic nitrogens is 2. The van der Waals surface area contributed by atoms with Crippen LogP contribution in [0, 0.1) is 6.92 Å². The fourth-order valence-electron chi connectivity index (χ4n) is 2.45. The molecule has 1 atom stereocenters. The highest BCUT2D eigenvalue weighted by atomic mass is 16.3. The van der Waals surface area contributed by atoms with E-state index in [0.29, 0.717) is 5.69 Å². The number of aliphatic hydroxyl groups excluding tert-OH is 1. The van der Waals surface area contributed by atoms with Gasteiger partial charge in [0, 0.05) is 5.39 Å². The molecule has 1 aromatic heterocycles. The van der Waals surface area contributed by atoms with Crippen LogP contribution in [-0.4, -0.2) is 27.8 Å². The molecule has 0 saturated carbocycles. The molecule has 5 nitrogen and oxygen atoms in total. The van der Waals surface area contributed by atoms with Gasteiger partial charge >= 0.3 is 0 Å². The first-order valence-electron chi connectivity index (χ1n) is 7.10. The summed E-state index contributed by atoms with van der Waals surface area (Å²) in [4.78, 5) is 12.5. The van der Waals surface area contributed by atoms with Gasteiger partial charge in [-0.3, -0.25) is 9.89 Å². The summed E-state index contributed by atoms with van der Waals surface area (Å²) in [5, 5.41) is 20.1. The molecule has 3 N–H and O–H groups in total. The minimum absolute atomic E-state index is 0.170. The maximum atomic E-state index is 12.5. The lowest BCUT2D eigenvalue weighted by molar-refractivity contribution is 0.0912. The summed E-state index contributed by atoms with van der Waals surface area (Å²) in [6.07, 6.45) is 0. The van der Waals surface area contributed by atoms with Gasteiger partial charge in [-0.05, 0) is 24.6 Å². The third kappa shape index (κ3) is 2.71. The quantitative estimate of drug-likeness (QED) is 0.691. The Kier molecular flexibility index (Phi) is 3.89. The van der Waals surface area contributed by atoms with E-state index in [0.717, 1.165) is 22.0 Å². The Bertz CT molecular complexity index is 796. The topological polar surface area (TPSA) is 78.0 Å². The molecule has 2 aromatic carbocycles. The Balaban J connectivity index is 1.88. The van der Waals surface area contributed by atoms with Crippen molar-refractivity contribution in [1.82, 2.24) is 15.5 Å². The molecule has 0 aliphatic heterocycles. The van der Waals surface area contributed by atoms with Crippen LogP contribution in [0.15, 0.2) is 48.5 Å². The van der Waals surface area contributed by atoms with Crippen molar-refractivity contribution in [2.45, 2.75) is 13.0 Å². The van der Waals surface area contributed by atoms with Crippen molar-refractivity contribution >= 4 is 16.8 Å². The van der Waals surface area contributed by atoms with E-state index >= 15 is 0 Å². The molecular formula is C17H17N3O2. The minimum atomic E-state index is -0.453. The lowest BCUT2D eigenvalue weighted by atomic mass is 10.1. The second-order valence-corrected chi connectivity index (χ2v) is 5.24. The summed E-state index contributed by atoms with van der Waals surface area (Å²) >= 11 is 0. The van der Waals surface area contributed by atoms with Crippen LogP contribution in [0.1, 0.15) is 27.7 Å². The fourth-order valence-corrected chi connectivity index (χ4v) is 2.45. The molecule has 112 valence electrons. The average molecular weight is 295 g/mol.